The second-order valence-corrected chi connectivity index (χ2v) is 13.2. The van der Waals surface area contributed by atoms with Crippen LogP contribution in [0, 0.1) is 5.41 Å². The number of hydrogen-bond acceptors (Lipinski definition) is 8. The van der Waals surface area contributed by atoms with Gasteiger partial charge in [-0.2, -0.15) is 0 Å². The molecule has 212 valence electrons. The number of amides is 1. The molecule has 0 saturated carbocycles. The Hall–Kier alpha value is -3.01. The molecular formula is C31H41N7OS. The highest BCUT2D eigenvalue weighted by Crippen LogP contribution is 2.36. The zero-order valence-electron chi connectivity index (χ0n) is 24.1. The average molecular weight is 560 g/mol. The Bertz CT molecular complexity index is 1410. The van der Waals surface area contributed by atoms with E-state index in [1.807, 2.05) is 11.7 Å². The third-order valence-corrected chi connectivity index (χ3v) is 9.49. The number of carbonyl (C=O) groups excluding carboxylic acids is 1. The van der Waals surface area contributed by atoms with Crippen molar-refractivity contribution in [3.63, 3.8) is 0 Å². The number of carbonyl (C=O) groups is 1. The van der Waals surface area contributed by atoms with Crippen LogP contribution in [0.4, 0.5) is 17.2 Å². The van der Waals surface area contributed by atoms with Crippen LogP contribution in [0.3, 0.4) is 0 Å². The average Bonchev–Trinajstić information content (AvgIpc) is 3.60. The maximum absolute atomic E-state index is 13.6. The van der Waals surface area contributed by atoms with Gasteiger partial charge in [-0.05, 0) is 64.0 Å². The number of rotatable bonds is 7. The predicted octanol–water partition coefficient (Wildman–Crippen LogP) is 4.98. The lowest BCUT2D eigenvalue weighted by Gasteiger charge is -2.41. The summed E-state index contributed by atoms with van der Waals surface area (Å²) in [5.41, 5.74) is 7.27. The van der Waals surface area contributed by atoms with E-state index in [1.165, 1.54) is 15.8 Å². The lowest BCUT2D eigenvalue weighted by atomic mass is 9.89. The zero-order valence-corrected chi connectivity index (χ0v) is 24.9. The Labute approximate surface area is 241 Å². The van der Waals surface area contributed by atoms with Crippen molar-refractivity contribution in [1.82, 2.24) is 24.7 Å². The first-order valence-electron chi connectivity index (χ1n) is 14.6. The van der Waals surface area contributed by atoms with Gasteiger partial charge < -0.3 is 15.5 Å². The van der Waals surface area contributed by atoms with Crippen LogP contribution < -0.4 is 10.6 Å². The fraction of sp³-hybridized carbons (Fsp3) is 0.516. The van der Waals surface area contributed by atoms with Crippen molar-refractivity contribution in [3.05, 3.63) is 53.2 Å². The van der Waals surface area contributed by atoms with Gasteiger partial charge in [0, 0.05) is 81.4 Å². The summed E-state index contributed by atoms with van der Waals surface area (Å²) in [5, 5.41) is 7.26. The molecule has 1 amide bonds. The molecule has 1 aromatic carbocycles. The van der Waals surface area contributed by atoms with E-state index in [0.717, 1.165) is 74.8 Å². The molecule has 9 heteroatoms. The third-order valence-electron chi connectivity index (χ3n) is 8.70. The third kappa shape index (κ3) is 5.60. The highest BCUT2D eigenvalue weighted by Gasteiger charge is 2.36. The molecule has 6 rings (SSSR count). The molecule has 3 aliphatic rings. The van der Waals surface area contributed by atoms with E-state index in [1.54, 1.807) is 11.3 Å². The molecule has 5 heterocycles. The SMILES string of the molecule is CC(C)N1CCN(CC(C)(C)C(=O)N2CC=C(C3Cc4c(Nc5ccc6ncsc6c5)ccnc4N3)CC2)CC1. The summed E-state index contributed by atoms with van der Waals surface area (Å²) in [7, 11) is 0. The molecule has 0 spiro atoms. The van der Waals surface area contributed by atoms with Gasteiger partial charge in [0.25, 0.3) is 0 Å². The van der Waals surface area contributed by atoms with E-state index in [2.05, 4.69) is 93.3 Å². The molecule has 0 bridgehead atoms. The summed E-state index contributed by atoms with van der Waals surface area (Å²) in [4.78, 5) is 29.6. The minimum atomic E-state index is -0.389. The first-order chi connectivity index (χ1) is 19.3. The van der Waals surface area contributed by atoms with Gasteiger partial charge in [-0.25, -0.2) is 9.97 Å². The number of hydrogen-bond donors (Lipinski definition) is 2. The van der Waals surface area contributed by atoms with Gasteiger partial charge in [0.1, 0.15) is 5.82 Å². The Morgan fingerprint density at radius 3 is 2.73 bits per heavy atom. The number of benzene rings is 1. The van der Waals surface area contributed by atoms with Gasteiger partial charge in [-0.3, -0.25) is 14.6 Å². The maximum atomic E-state index is 13.6. The topological polar surface area (TPSA) is 76.6 Å². The van der Waals surface area contributed by atoms with Crippen LogP contribution in [0.2, 0.25) is 0 Å². The number of aromatic nitrogens is 2. The van der Waals surface area contributed by atoms with E-state index in [0.29, 0.717) is 12.6 Å². The summed E-state index contributed by atoms with van der Waals surface area (Å²) in [6, 6.07) is 9.16. The highest BCUT2D eigenvalue weighted by atomic mass is 32.1. The number of fused-ring (bicyclic) bond motifs is 2. The molecule has 3 aromatic rings. The van der Waals surface area contributed by atoms with Crippen molar-refractivity contribution >= 4 is 44.7 Å². The molecule has 1 atom stereocenters. The van der Waals surface area contributed by atoms with Crippen molar-refractivity contribution in [2.24, 2.45) is 5.41 Å². The largest absolute Gasteiger partial charge is 0.363 e. The smallest absolute Gasteiger partial charge is 0.229 e. The molecule has 40 heavy (non-hydrogen) atoms. The fourth-order valence-electron chi connectivity index (χ4n) is 6.35. The molecule has 1 saturated heterocycles. The van der Waals surface area contributed by atoms with Crippen LogP contribution >= 0.6 is 11.3 Å². The molecule has 8 nitrogen and oxygen atoms in total. The lowest BCUT2D eigenvalue weighted by molar-refractivity contribution is -0.141. The maximum Gasteiger partial charge on any atom is 0.229 e. The van der Waals surface area contributed by atoms with Gasteiger partial charge >= 0.3 is 0 Å². The monoisotopic (exact) mass is 559 g/mol. The summed E-state index contributed by atoms with van der Waals surface area (Å²) >= 11 is 1.65. The molecule has 1 unspecified atom stereocenters. The zero-order chi connectivity index (χ0) is 27.9. The van der Waals surface area contributed by atoms with Crippen LogP contribution in [-0.2, 0) is 11.2 Å². The van der Waals surface area contributed by atoms with Crippen molar-refractivity contribution in [3.8, 4) is 0 Å². The molecule has 1 fully saturated rings. The van der Waals surface area contributed by atoms with Crippen molar-refractivity contribution in [1.29, 1.82) is 0 Å². The van der Waals surface area contributed by atoms with Crippen LogP contribution in [0.25, 0.3) is 10.2 Å². The molecule has 2 aromatic heterocycles. The summed E-state index contributed by atoms with van der Waals surface area (Å²) in [6.45, 7) is 15.3. The van der Waals surface area contributed by atoms with E-state index in [9.17, 15) is 4.79 Å². The minimum absolute atomic E-state index is 0.219. The Kier molecular flexibility index (Phi) is 7.54. The Morgan fingerprint density at radius 2 is 1.98 bits per heavy atom. The van der Waals surface area contributed by atoms with Gasteiger partial charge in [0.15, 0.2) is 0 Å². The lowest BCUT2D eigenvalue weighted by Crippen LogP contribution is -2.54. The number of thiazole rings is 1. The Morgan fingerprint density at radius 1 is 1.15 bits per heavy atom. The van der Waals surface area contributed by atoms with Crippen LogP contribution in [0.15, 0.2) is 47.6 Å². The number of nitrogens with zero attached hydrogens (tertiary/aromatic N) is 5. The van der Waals surface area contributed by atoms with Gasteiger partial charge in [0.2, 0.25) is 5.91 Å². The van der Waals surface area contributed by atoms with E-state index >= 15 is 0 Å². The van der Waals surface area contributed by atoms with E-state index in [4.69, 9.17) is 0 Å². The summed E-state index contributed by atoms with van der Waals surface area (Å²) in [5.74, 6) is 1.22. The Balaban J connectivity index is 1.06. The van der Waals surface area contributed by atoms with Gasteiger partial charge in [-0.15, -0.1) is 11.3 Å². The molecular weight excluding hydrogens is 518 g/mol. The molecule has 0 aliphatic carbocycles. The normalized spacial score (nSPS) is 20.5. The first-order valence-corrected chi connectivity index (χ1v) is 15.4. The summed E-state index contributed by atoms with van der Waals surface area (Å²) < 4.78 is 1.18. The standard InChI is InChI=1S/C31H41N7OS/c1-21(2)37-15-13-36(14-16-37)19-31(3,4)30(39)38-11-8-22(9-12-38)27-18-24-25(7-10-32-29(24)35-27)34-23-5-6-26-28(17-23)40-20-33-26/h5-8,10,17,20-21,27H,9,11-16,18-19H2,1-4H3,(H2,32,34,35). The molecule has 0 radical (unpaired) electrons. The van der Waals surface area contributed by atoms with Gasteiger partial charge in [0.05, 0.1) is 27.2 Å². The van der Waals surface area contributed by atoms with Crippen LogP contribution in [-0.4, -0.2) is 88.5 Å². The van der Waals surface area contributed by atoms with Crippen molar-refractivity contribution in [2.75, 3.05) is 56.4 Å². The quantitative estimate of drug-likeness (QED) is 0.395. The number of anilines is 3. The van der Waals surface area contributed by atoms with Crippen molar-refractivity contribution < 1.29 is 4.79 Å². The predicted molar refractivity (Wildman–Crippen MR) is 164 cm³/mol. The second-order valence-electron chi connectivity index (χ2n) is 12.3. The van der Waals surface area contributed by atoms with Crippen molar-refractivity contribution in [2.45, 2.75) is 52.6 Å². The van der Waals surface area contributed by atoms with Crippen LogP contribution in [0.1, 0.15) is 39.7 Å². The number of pyridine rings is 1. The second kappa shape index (κ2) is 11.1. The molecule has 2 N–H and O–H groups in total. The number of nitrogens with one attached hydrogen (secondary N) is 2. The summed E-state index contributed by atoms with van der Waals surface area (Å²) in [6.07, 6.45) is 5.92. The van der Waals surface area contributed by atoms with E-state index in [-0.39, 0.29) is 17.4 Å². The van der Waals surface area contributed by atoms with Gasteiger partial charge in [-0.1, -0.05) is 6.08 Å². The van der Waals surface area contributed by atoms with E-state index < -0.39 is 0 Å². The first kappa shape index (κ1) is 27.2. The van der Waals surface area contributed by atoms with Crippen LogP contribution in [0.5, 0.6) is 0 Å². The number of piperazine rings is 1. The minimum Gasteiger partial charge on any atom is -0.363 e. The fourth-order valence-corrected chi connectivity index (χ4v) is 7.07. The highest BCUT2D eigenvalue weighted by molar-refractivity contribution is 7.16. The molecule has 3 aliphatic heterocycles.